The van der Waals surface area contributed by atoms with Crippen molar-refractivity contribution in [3.8, 4) is 28.4 Å². The van der Waals surface area contributed by atoms with Crippen LogP contribution in [0, 0.1) is 0 Å². The van der Waals surface area contributed by atoms with E-state index in [1.807, 2.05) is 72.9 Å². The molecule has 0 amide bonds. The van der Waals surface area contributed by atoms with Gasteiger partial charge in [0.05, 0.1) is 29.5 Å². The second-order valence-electron chi connectivity index (χ2n) is 8.10. The van der Waals surface area contributed by atoms with Crippen molar-refractivity contribution in [3.05, 3.63) is 103 Å². The zero-order valence-electron chi connectivity index (χ0n) is 18.6. The molecule has 0 aliphatic rings. The van der Waals surface area contributed by atoms with Crippen LogP contribution in [0.2, 0.25) is 0 Å². The number of imidazole rings is 1. The molecule has 0 unspecified atom stereocenters. The predicted octanol–water partition coefficient (Wildman–Crippen LogP) is 7.14. The molecular weight excluding hydrogens is 420 g/mol. The number of methoxy groups -OCH3 is 1. The smallest absolute Gasteiger partial charge is 0.138 e. The standard InChI is InChI=1S/C29H22N4O/c1-34-22-15-13-19(14-16-22)28-24(23-9-2-3-10-25(23)31-28)18-30-21-8-6-7-20(17-21)29-32-26-11-4-5-12-27(26)33-29/h2-18,31H,1H3,(H,32,33). The van der Waals surface area contributed by atoms with E-state index in [4.69, 9.17) is 14.7 Å². The first-order chi connectivity index (χ1) is 16.8. The number of benzene rings is 4. The van der Waals surface area contributed by atoms with Gasteiger partial charge in [-0.3, -0.25) is 4.99 Å². The molecule has 0 atom stereocenters. The van der Waals surface area contributed by atoms with Gasteiger partial charge in [0, 0.05) is 28.2 Å². The van der Waals surface area contributed by atoms with E-state index in [1.165, 1.54) is 0 Å². The third kappa shape index (κ3) is 3.63. The largest absolute Gasteiger partial charge is 0.497 e. The van der Waals surface area contributed by atoms with E-state index in [-0.39, 0.29) is 0 Å². The topological polar surface area (TPSA) is 66.1 Å². The number of aromatic amines is 2. The summed E-state index contributed by atoms with van der Waals surface area (Å²) < 4.78 is 5.32. The van der Waals surface area contributed by atoms with Crippen molar-refractivity contribution >= 4 is 33.8 Å². The van der Waals surface area contributed by atoms with Crippen LogP contribution in [0.15, 0.2) is 102 Å². The Bertz CT molecular complexity index is 1610. The average molecular weight is 443 g/mol. The van der Waals surface area contributed by atoms with Crippen molar-refractivity contribution in [2.75, 3.05) is 7.11 Å². The van der Waals surface area contributed by atoms with Crippen LogP contribution < -0.4 is 4.74 Å². The Morgan fingerprint density at radius 2 is 1.56 bits per heavy atom. The van der Waals surface area contributed by atoms with Gasteiger partial charge in [0.15, 0.2) is 0 Å². The summed E-state index contributed by atoms with van der Waals surface area (Å²) in [5.41, 5.74) is 8.07. The number of aromatic nitrogens is 3. The molecule has 0 spiro atoms. The van der Waals surface area contributed by atoms with Gasteiger partial charge in [0.1, 0.15) is 11.6 Å². The van der Waals surface area contributed by atoms with Gasteiger partial charge < -0.3 is 14.7 Å². The molecule has 2 N–H and O–H groups in total. The van der Waals surface area contributed by atoms with Gasteiger partial charge in [-0.1, -0.05) is 42.5 Å². The Balaban J connectivity index is 1.40. The Kier molecular flexibility index (Phi) is 4.92. The number of aliphatic imine (C=N–C) groups is 1. The normalized spacial score (nSPS) is 11.6. The Morgan fingerprint density at radius 1 is 0.765 bits per heavy atom. The summed E-state index contributed by atoms with van der Waals surface area (Å²) in [5.74, 6) is 1.67. The summed E-state index contributed by atoms with van der Waals surface area (Å²) in [6, 6.07) is 32.5. The van der Waals surface area contributed by atoms with Gasteiger partial charge in [-0.2, -0.15) is 0 Å². The van der Waals surface area contributed by atoms with Gasteiger partial charge in [0.2, 0.25) is 0 Å². The number of nitrogens with zero attached hydrogens (tertiary/aromatic N) is 2. The molecule has 0 radical (unpaired) electrons. The van der Waals surface area contributed by atoms with E-state index in [1.54, 1.807) is 7.11 Å². The highest BCUT2D eigenvalue weighted by Gasteiger charge is 2.12. The molecule has 164 valence electrons. The number of ether oxygens (including phenoxy) is 1. The minimum absolute atomic E-state index is 0.831. The van der Waals surface area contributed by atoms with Crippen molar-refractivity contribution in [1.29, 1.82) is 0 Å². The van der Waals surface area contributed by atoms with Crippen molar-refractivity contribution < 1.29 is 4.74 Å². The van der Waals surface area contributed by atoms with Crippen molar-refractivity contribution in [2.45, 2.75) is 0 Å². The average Bonchev–Trinajstić information content (AvgIpc) is 3.49. The summed E-state index contributed by atoms with van der Waals surface area (Å²) in [6.45, 7) is 0. The lowest BCUT2D eigenvalue weighted by Crippen LogP contribution is -1.87. The minimum Gasteiger partial charge on any atom is -0.497 e. The molecule has 6 aromatic rings. The van der Waals surface area contributed by atoms with Crippen LogP contribution in [-0.2, 0) is 0 Å². The summed E-state index contributed by atoms with van der Waals surface area (Å²) in [7, 11) is 1.68. The number of H-pyrrole nitrogens is 2. The maximum atomic E-state index is 5.32. The molecule has 0 bridgehead atoms. The third-order valence-corrected chi connectivity index (χ3v) is 5.98. The number of para-hydroxylation sites is 3. The number of rotatable bonds is 5. The second-order valence-corrected chi connectivity index (χ2v) is 8.10. The molecule has 0 aliphatic heterocycles. The first-order valence-corrected chi connectivity index (χ1v) is 11.1. The number of nitrogens with one attached hydrogen (secondary N) is 2. The van der Waals surface area contributed by atoms with E-state index in [9.17, 15) is 0 Å². The number of hydrogen-bond acceptors (Lipinski definition) is 3. The highest BCUT2D eigenvalue weighted by Crippen LogP contribution is 2.31. The fraction of sp³-hybridized carbons (Fsp3) is 0.0345. The van der Waals surface area contributed by atoms with Crippen molar-refractivity contribution in [3.63, 3.8) is 0 Å². The first kappa shape index (κ1) is 20.0. The van der Waals surface area contributed by atoms with Crippen LogP contribution in [-0.4, -0.2) is 28.3 Å². The molecule has 5 nitrogen and oxygen atoms in total. The highest BCUT2D eigenvalue weighted by atomic mass is 16.5. The molecule has 2 aromatic heterocycles. The van der Waals surface area contributed by atoms with Crippen LogP contribution in [0.25, 0.3) is 44.6 Å². The molecule has 5 heteroatoms. The maximum Gasteiger partial charge on any atom is 0.138 e. The molecular formula is C29H22N4O. The zero-order valence-corrected chi connectivity index (χ0v) is 18.6. The highest BCUT2D eigenvalue weighted by molar-refractivity contribution is 6.06. The second kappa shape index (κ2) is 8.37. The SMILES string of the molecule is COc1ccc(-c2[nH]c3ccccc3c2C=Nc2cccc(-c3nc4ccccc4[nH]3)c2)cc1. The van der Waals surface area contributed by atoms with E-state index >= 15 is 0 Å². The van der Waals surface area contributed by atoms with Crippen LogP contribution >= 0.6 is 0 Å². The molecule has 0 fully saturated rings. The third-order valence-electron chi connectivity index (χ3n) is 5.98. The van der Waals surface area contributed by atoms with Crippen LogP contribution in [0.3, 0.4) is 0 Å². The fourth-order valence-corrected chi connectivity index (χ4v) is 4.25. The fourth-order valence-electron chi connectivity index (χ4n) is 4.25. The molecule has 0 saturated carbocycles. The van der Waals surface area contributed by atoms with Crippen LogP contribution in [0.4, 0.5) is 5.69 Å². The molecule has 2 heterocycles. The number of fused-ring (bicyclic) bond motifs is 2. The molecule has 0 saturated heterocycles. The molecule has 4 aromatic carbocycles. The van der Waals surface area contributed by atoms with Crippen molar-refractivity contribution in [2.24, 2.45) is 4.99 Å². The van der Waals surface area contributed by atoms with Gasteiger partial charge in [0.25, 0.3) is 0 Å². The molecule has 34 heavy (non-hydrogen) atoms. The van der Waals surface area contributed by atoms with Gasteiger partial charge in [-0.25, -0.2) is 4.98 Å². The van der Waals surface area contributed by atoms with E-state index in [2.05, 4.69) is 40.3 Å². The van der Waals surface area contributed by atoms with E-state index in [0.29, 0.717) is 0 Å². The van der Waals surface area contributed by atoms with E-state index in [0.717, 1.165) is 61.6 Å². The minimum atomic E-state index is 0.831. The lowest BCUT2D eigenvalue weighted by molar-refractivity contribution is 0.415. The zero-order chi connectivity index (χ0) is 22.9. The Hall–Kier alpha value is -4.64. The summed E-state index contributed by atoms with van der Waals surface area (Å²) in [4.78, 5) is 16.5. The monoisotopic (exact) mass is 442 g/mol. The van der Waals surface area contributed by atoms with Gasteiger partial charge in [-0.05, 0) is 60.2 Å². The maximum absolute atomic E-state index is 5.32. The summed E-state index contributed by atoms with van der Waals surface area (Å²) >= 11 is 0. The summed E-state index contributed by atoms with van der Waals surface area (Å²) in [6.07, 6.45) is 1.94. The Morgan fingerprint density at radius 3 is 2.38 bits per heavy atom. The lowest BCUT2D eigenvalue weighted by atomic mass is 10.1. The predicted molar refractivity (Wildman–Crippen MR) is 139 cm³/mol. The van der Waals surface area contributed by atoms with E-state index < -0.39 is 0 Å². The first-order valence-electron chi connectivity index (χ1n) is 11.1. The van der Waals surface area contributed by atoms with Crippen LogP contribution in [0.1, 0.15) is 5.56 Å². The van der Waals surface area contributed by atoms with Crippen molar-refractivity contribution in [1.82, 2.24) is 15.0 Å². The summed E-state index contributed by atoms with van der Waals surface area (Å²) in [5, 5.41) is 1.13. The van der Waals surface area contributed by atoms with Gasteiger partial charge >= 0.3 is 0 Å². The quantitative estimate of drug-likeness (QED) is 0.279. The van der Waals surface area contributed by atoms with Crippen LogP contribution in [0.5, 0.6) is 5.75 Å². The van der Waals surface area contributed by atoms with Gasteiger partial charge in [-0.15, -0.1) is 0 Å². The number of hydrogen-bond donors (Lipinski definition) is 2. The lowest BCUT2D eigenvalue weighted by Gasteiger charge is -2.04. The molecule has 6 rings (SSSR count). The Labute approximate surface area is 196 Å². The molecule has 0 aliphatic carbocycles.